The van der Waals surface area contributed by atoms with Crippen LogP contribution in [0.4, 0.5) is 19.0 Å². The van der Waals surface area contributed by atoms with Gasteiger partial charge in [-0.25, -0.2) is 4.98 Å². The average molecular weight is 287 g/mol. The minimum Gasteiger partial charge on any atom is -0.358 e. The standard InChI is InChI=1S/C13H16F3N3O/c14-13(15,16)11-1-2-12(18-8-11)19-5-3-10(4-6-19)7-17-9-20/h1-2,8-10H,3-7H2,(H,17,20). The molecule has 0 aliphatic carbocycles. The van der Waals surface area contributed by atoms with Crippen LogP contribution in [0.25, 0.3) is 0 Å². The summed E-state index contributed by atoms with van der Waals surface area (Å²) < 4.78 is 37.3. The van der Waals surface area contributed by atoms with Gasteiger partial charge in [0.2, 0.25) is 6.41 Å². The second-order valence-corrected chi connectivity index (χ2v) is 4.86. The van der Waals surface area contributed by atoms with Crippen molar-refractivity contribution in [3.8, 4) is 0 Å². The lowest BCUT2D eigenvalue weighted by atomic mass is 9.97. The zero-order valence-electron chi connectivity index (χ0n) is 10.9. The van der Waals surface area contributed by atoms with Gasteiger partial charge in [0.25, 0.3) is 0 Å². The average Bonchev–Trinajstić information content (AvgIpc) is 2.45. The number of aromatic nitrogens is 1. The normalized spacial score (nSPS) is 17.1. The lowest BCUT2D eigenvalue weighted by Crippen LogP contribution is -2.37. The van der Waals surface area contributed by atoms with E-state index in [1.54, 1.807) is 0 Å². The zero-order valence-corrected chi connectivity index (χ0v) is 10.9. The molecule has 1 N–H and O–H groups in total. The lowest BCUT2D eigenvalue weighted by Gasteiger charge is -2.32. The molecule has 1 aromatic rings. The van der Waals surface area contributed by atoms with Gasteiger partial charge in [0.15, 0.2) is 0 Å². The minimum absolute atomic E-state index is 0.422. The summed E-state index contributed by atoms with van der Waals surface area (Å²) in [5, 5.41) is 2.66. The number of halogens is 3. The fourth-order valence-corrected chi connectivity index (χ4v) is 2.32. The molecule has 4 nitrogen and oxygen atoms in total. The molecule has 0 atom stereocenters. The van der Waals surface area contributed by atoms with Crippen molar-refractivity contribution in [3.63, 3.8) is 0 Å². The number of piperidine rings is 1. The van der Waals surface area contributed by atoms with E-state index >= 15 is 0 Å². The summed E-state index contributed by atoms with van der Waals surface area (Å²) in [7, 11) is 0. The molecule has 0 spiro atoms. The number of hydrogen-bond donors (Lipinski definition) is 1. The first-order chi connectivity index (χ1) is 9.50. The van der Waals surface area contributed by atoms with Crippen LogP contribution in [0.5, 0.6) is 0 Å². The molecule has 0 radical (unpaired) electrons. The Morgan fingerprint density at radius 2 is 2.05 bits per heavy atom. The molecule has 0 bridgehead atoms. The van der Waals surface area contributed by atoms with Crippen LogP contribution in [0, 0.1) is 5.92 Å². The highest BCUT2D eigenvalue weighted by molar-refractivity contribution is 5.46. The molecule has 0 saturated carbocycles. The van der Waals surface area contributed by atoms with Crippen LogP contribution in [0.15, 0.2) is 18.3 Å². The van der Waals surface area contributed by atoms with Crippen molar-refractivity contribution in [1.29, 1.82) is 0 Å². The van der Waals surface area contributed by atoms with Crippen LogP contribution in [0.3, 0.4) is 0 Å². The number of rotatable bonds is 4. The Bertz CT molecular complexity index is 439. The number of nitrogens with zero attached hydrogens (tertiary/aromatic N) is 2. The third-order valence-corrected chi connectivity index (χ3v) is 3.50. The minimum atomic E-state index is -4.35. The molecular weight excluding hydrogens is 271 g/mol. The van der Waals surface area contributed by atoms with E-state index in [4.69, 9.17) is 0 Å². The van der Waals surface area contributed by atoms with E-state index in [0.29, 0.717) is 24.7 Å². The summed E-state index contributed by atoms with van der Waals surface area (Å²) in [6.45, 7) is 2.13. The van der Waals surface area contributed by atoms with E-state index < -0.39 is 11.7 Å². The van der Waals surface area contributed by atoms with Gasteiger partial charge in [-0.2, -0.15) is 13.2 Å². The summed E-state index contributed by atoms with van der Waals surface area (Å²) in [6.07, 6.45) is -1.01. The quantitative estimate of drug-likeness (QED) is 0.862. The number of amides is 1. The Kier molecular flexibility index (Phi) is 4.46. The molecular formula is C13H16F3N3O. The highest BCUT2D eigenvalue weighted by atomic mass is 19.4. The third kappa shape index (κ3) is 3.61. The van der Waals surface area contributed by atoms with E-state index in [2.05, 4.69) is 10.3 Å². The van der Waals surface area contributed by atoms with E-state index in [0.717, 1.165) is 38.2 Å². The molecule has 1 aromatic heterocycles. The van der Waals surface area contributed by atoms with Gasteiger partial charge in [-0.15, -0.1) is 0 Å². The van der Waals surface area contributed by atoms with Gasteiger partial charge < -0.3 is 10.2 Å². The molecule has 2 rings (SSSR count). The van der Waals surface area contributed by atoms with Crippen molar-refractivity contribution >= 4 is 12.2 Å². The van der Waals surface area contributed by atoms with Crippen LogP contribution < -0.4 is 10.2 Å². The molecule has 1 fully saturated rings. The maximum absolute atomic E-state index is 12.4. The largest absolute Gasteiger partial charge is 0.417 e. The van der Waals surface area contributed by atoms with Crippen LogP contribution in [-0.4, -0.2) is 31.0 Å². The first kappa shape index (κ1) is 14.6. The van der Waals surface area contributed by atoms with E-state index in [1.165, 1.54) is 6.07 Å². The number of anilines is 1. The van der Waals surface area contributed by atoms with Crippen LogP contribution in [-0.2, 0) is 11.0 Å². The first-order valence-electron chi connectivity index (χ1n) is 6.46. The highest BCUT2D eigenvalue weighted by Crippen LogP contribution is 2.30. The fraction of sp³-hybridized carbons (Fsp3) is 0.538. The SMILES string of the molecule is O=CNCC1CCN(c2ccc(C(F)(F)F)cn2)CC1. The summed E-state index contributed by atoms with van der Waals surface area (Å²) in [6, 6.07) is 2.47. The number of alkyl halides is 3. The van der Waals surface area contributed by atoms with Crippen molar-refractivity contribution in [2.75, 3.05) is 24.5 Å². The fourth-order valence-electron chi connectivity index (χ4n) is 2.32. The number of pyridine rings is 1. The Balaban J connectivity index is 1.92. The van der Waals surface area contributed by atoms with Crippen molar-refractivity contribution in [2.45, 2.75) is 19.0 Å². The van der Waals surface area contributed by atoms with Gasteiger partial charge in [-0.05, 0) is 30.9 Å². The summed E-state index contributed by atoms with van der Waals surface area (Å²) >= 11 is 0. The van der Waals surface area contributed by atoms with Crippen LogP contribution in [0.1, 0.15) is 18.4 Å². The molecule has 0 unspecified atom stereocenters. The number of carbonyl (C=O) groups is 1. The second kappa shape index (κ2) is 6.11. The van der Waals surface area contributed by atoms with Gasteiger partial charge in [-0.3, -0.25) is 4.79 Å². The Hall–Kier alpha value is -1.79. The molecule has 20 heavy (non-hydrogen) atoms. The van der Waals surface area contributed by atoms with Gasteiger partial charge in [0.05, 0.1) is 5.56 Å². The third-order valence-electron chi connectivity index (χ3n) is 3.50. The van der Waals surface area contributed by atoms with Gasteiger partial charge in [0.1, 0.15) is 5.82 Å². The highest BCUT2D eigenvalue weighted by Gasteiger charge is 2.31. The summed E-state index contributed by atoms with van der Waals surface area (Å²) in [5.41, 5.74) is -0.730. The topological polar surface area (TPSA) is 45.2 Å². The van der Waals surface area contributed by atoms with Crippen LogP contribution in [0.2, 0.25) is 0 Å². The van der Waals surface area contributed by atoms with Crippen molar-refractivity contribution in [3.05, 3.63) is 23.9 Å². The molecule has 0 aromatic carbocycles. The van der Waals surface area contributed by atoms with Crippen molar-refractivity contribution in [1.82, 2.24) is 10.3 Å². The maximum atomic E-state index is 12.4. The number of nitrogens with one attached hydrogen (secondary N) is 1. The van der Waals surface area contributed by atoms with Gasteiger partial charge in [-0.1, -0.05) is 0 Å². The Labute approximate surface area is 115 Å². The Morgan fingerprint density at radius 3 is 2.55 bits per heavy atom. The predicted octanol–water partition coefficient (Wildman–Crippen LogP) is 2.06. The molecule has 1 saturated heterocycles. The molecule has 7 heteroatoms. The van der Waals surface area contributed by atoms with Crippen molar-refractivity contribution in [2.24, 2.45) is 5.92 Å². The van der Waals surface area contributed by atoms with E-state index in [9.17, 15) is 18.0 Å². The van der Waals surface area contributed by atoms with E-state index in [1.807, 2.05) is 4.90 Å². The summed E-state index contributed by atoms with van der Waals surface area (Å²) in [5.74, 6) is 0.991. The molecule has 2 heterocycles. The van der Waals surface area contributed by atoms with Gasteiger partial charge >= 0.3 is 6.18 Å². The zero-order chi connectivity index (χ0) is 14.6. The number of carbonyl (C=O) groups excluding carboxylic acids is 1. The maximum Gasteiger partial charge on any atom is 0.417 e. The summed E-state index contributed by atoms with van der Waals surface area (Å²) in [4.78, 5) is 16.1. The monoisotopic (exact) mass is 287 g/mol. The first-order valence-corrected chi connectivity index (χ1v) is 6.46. The molecule has 110 valence electrons. The molecule has 1 aliphatic heterocycles. The lowest BCUT2D eigenvalue weighted by molar-refractivity contribution is -0.137. The van der Waals surface area contributed by atoms with Crippen LogP contribution >= 0.6 is 0 Å². The molecule has 1 aliphatic rings. The van der Waals surface area contributed by atoms with Gasteiger partial charge in [0, 0.05) is 25.8 Å². The molecule has 1 amide bonds. The number of hydrogen-bond acceptors (Lipinski definition) is 3. The van der Waals surface area contributed by atoms with E-state index in [-0.39, 0.29) is 0 Å². The second-order valence-electron chi connectivity index (χ2n) is 4.86. The Morgan fingerprint density at radius 1 is 1.35 bits per heavy atom. The predicted molar refractivity (Wildman–Crippen MR) is 68.2 cm³/mol. The van der Waals surface area contributed by atoms with Crippen molar-refractivity contribution < 1.29 is 18.0 Å². The smallest absolute Gasteiger partial charge is 0.358 e.